The number of benzene rings is 1. The van der Waals surface area contributed by atoms with Crippen LogP contribution in [0.15, 0.2) is 30.3 Å². The van der Waals surface area contributed by atoms with Gasteiger partial charge in [0.15, 0.2) is 0 Å². The molecule has 4 heteroatoms. The molecule has 1 aromatic carbocycles. The number of thiazole rings is 1. The summed E-state index contributed by atoms with van der Waals surface area (Å²) in [6.07, 6.45) is 2.12. The molecule has 1 N–H and O–H groups in total. The summed E-state index contributed by atoms with van der Waals surface area (Å²) >= 11 is 3.64. The molecule has 0 bridgehead atoms. The normalized spacial score (nSPS) is 10.8. The van der Waals surface area contributed by atoms with E-state index in [1.54, 1.807) is 0 Å². The summed E-state index contributed by atoms with van der Waals surface area (Å²) in [7, 11) is 0. The highest BCUT2D eigenvalue weighted by Gasteiger charge is 2.12. The van der Waals surface area contributed by atoms with E-state index in [1.165, 1.54) is 21.1 Å². The van der Waals surface area contributed by atoms with Crippen molar-refractivity contribution >= 4 is 23.1 Å². The molecule has 1 heterocycles. The first kappa shape index (κ1) is 13.6. The maximum atomic E-state index is 4.75. The van der Waals surface area contributed by atoms with E-state index in [1.807, 2.05) is 23.1 Å². The Labute approximate surface area is 117 Å². The van der Waals surface area contributed by atoms with E-state index in [4.69, 9.17) is 4.98 Å². The molecule has 0 saturated carbocycles. The predicted molar refractivity (Wildman–Crippen MR) is 82.1 cm³/mol. The Morgan fingerprint density at radius 1 is 1.28 bits per heavy atom. The van der Waals surface area contributed by atoms with E-state index < -0.39 is 0 Å². The van der Waals surface area contributed by atoms with Gasteiger partial charge in [-0.1, -0.05) is 37.3 Å². The van der Waals surface area contributed by atoms with E-state index in [0.29, 0.717) is 0 Å². The van der Waals surface area contributed by atoms with Crippen molar-refractivity contribution in [3.63, 3.8) is 0 Å². The molecular weight excluding hydrogens is 260 g/mol. The standard InChI is InChI=1S/C14H18N2S2/c1-3-15-9-12-14(11-7-5-4-6-8-11)18-13(16-12)10-17-2/h4-8,15H,3,9-10H2,1-2H3. The van der Waals surface area contributed by atoms with E-state index >= 15 is 0 Å². The van der Waals surface area contributed by atoms with Gasteiger partial charge >= 0.3 is 0 Å². The molecule has 0 radical (unpaired) electrons. The lowest BCUT2D eigenvalue weighted by Gasteiger charge is -2.02. The van der Waals surface area contributed by atoms with Crippen LogP contribution in [0.2, 0.25) is 0 Å². The zero-order chi connectivity index (χ0) is 12.8. The molecule has 0 fully saturated rings. The maximum Gasteiger partial charge on any atom is 0.103 e. The summed E-state index contributed by atoms with van der Waals surface area (Å²) in [5, 5.41) is 4.58. The number of hydrogen-bond donors (Lipinski definition) is 1. The molecule has 0 spiro atoms. The van der Waals surface area contributed by atoms with Crippen LogP contribution < -0.4 is 5.32 Å². The van der Waals surface area contributed by atoms with Crippen LogP contribution in [0.25, 0.3) is 10.4 Å². The van der Waals surface area contributed by atoms with Crippen molar-refractivity contribution in [3.05, 3.63) is 41.0 Å². The monoisotopic (exact) mass is 278 g/mol. The average Bonchev–Trinajstić information content (AvgIpc) is 2.81. The molecule has 2 aromatic rings. The minimum Gasteiger partial charge on any atom is -0.311 e. The number of aromatic nitrogens is 1. The highest BCUT2D eigenvalue weighted by molar-refractivity contribution is 7.97. The van der Waals surface area contributed by atoms with Crippen LogP contribution in [0.3, 0.4) is 0 Å². The van der Waals surface area contributed by atoms with E-state index in [2.05, 4.69) is 48.8 Å². The third kappa shape index (κ3) is 3.34. The predicted octanol–water partition coefficient (Wildman–Crippen LogP) is 3.78. The van der Waals surface area contributed by atoms with Crippen molar-refractivity contribution in [2.24, 2.45) is 0 Å². The molecule has 0 aliphatic heterocycles. The SMILES string of the molecule is CCNCc1nc(CSC)sc1-c1ccccc1. The Morgan fingerprint density at radius 3 is 2.72 bits per heavy atom. The van der Waals surface area contributed by atoms with Gasteiger partial charge in [-0.2, -0.15) is 11.8 Å². The van der Waals surface area contributed by atoms with Gasteiger partial charge in [-0.05, 0) is 18.4 Å². The van der Waals surface area contributed by atoms with Crippen molar-refractivity contribution < 1.29 is 0 Å². The van der Waals surface area contributed by atoms with Crippen molar-refractivity contribution in [2.75, 3.05) is 12.8 Å². The molecular formula is C14H18N2S2. The molecule has 0 unspecified atom stereocenters. The van der Waals surface area contributed by atoms with Gasteiger partial charge in [-0.25, -0.2) is 4.98 Å². The Bertz CT molecular complexity index is 480. The van der Waals surface area contributed by atoms with Gasteiger partial charge in [0, 0.05) is 12.3 Å². The molecule has 0 saturated heterocycles. The Balaban J connectivity index is 2.31. The lowest BCUT2D eigenvalue weighted by atomic mass is 10.1. The summed E-state index contributed by atoms with van der Waals surface area (Å²) in [4.78, 5) is 6.06. The fraction of sp³-hybridized carbons (Fsp3) is 0.357. The van der Waals surface area contributed by atoms with Gasteiger partial charge in [0.1, 0.15) is 5.01 Å². The van der Waals surface area contributed by atoms with Crippen LogP contribution in [0.1, 0.15) is 17.6 Å². The number of thioether (sulfide) groups is 1. The Morgan fingerprint density at radius 2 is 2.06 bits per heavy atom. The van der Waals surface area contributed by atoms with Crippen LogP contribution in [0.4, 0.5) is 0 Å². The zero-order valence-corrected chi connectivity index (χ0v) is 12.4. The summed E-state index contributed by atoms with van der Waals surface area (Å²) < 4.78 is 0. The van der Waals surface area contributed by atoms with Gasteiger partial charge in [0.25, 0.3) is 0 Å². The molecule has 2 nitrogen and oxygen atoms in total. The van der Waals surface area contributed by atoms with Crippen molar-refractivity contribution in [1.29, 1.82) is 0 Å². The lowest BCUT2D eigenvalue weighted by Crippen LogP contribution is -2.12. The Kier molecular flexibility index (Phi) is 5.23. The molecule has 0 aliphatic rings. The fourth-order valence-electron chi connectivity index (χ4n) is 1.76. The van der Waals surface area contributed by atoms with Gasteiger partial charge < -0.3 is 5.32 Å². The average molecular weight is 278 g/mol. The van der Waals surface area contributed by atoms with Crippen LogP contribution in [0.5, 0.6) is 0 Å². The van der Waals surface area contributed by atoms with Crippen molar-refractivity contribution in [1.82, 2.24) is 10.3 Å². The number of nitrogens with one attached hydrogen (secondary N) is 1. The van der Waals surface area contributed by atoms with Crippen molar-refractivity contribution in [2.45, 2.75) is 19.2 Å². The molecule has 0 aliphatic carbocycles. The first-order valence-corrected chi connectivity index (χ1v) is 8.29. The second-order valence-corrected chi connectivity index (χ2v) is 5.91. The minimum atomic E-state index is 0.853. The highest BCUT2D eigenvalue weighted by Crippen LogP contribution is 2.31. The molecule has 96 valence electrons. The van der Waals surface area contributed by atoms with Crippen LogP contribution in [0, 0.1) is 0 Å². The smallest absolute Gasteiger partial charge is 0.103 e. The topological polar surface area (TPSA) is 24.9 Å². The number of nitrogens with zero attached hydrogens (tertiary/aromatic N) is 1. The molecule has 1 aromatic heterocycles. The quantitative estimate of drug-likeness (QED) is 0.870. The zero-order valence-electron chi connectivity index (χ0n) is 10.8. The van der Waals surface area contributed by atoms with Crippen LogP contribution in [-0.2, 0) is 12.3 Å². The van der Waals surface area contributed by atoms with Crippen molar-refractivity contribution in [3.8, 4) is 10.4 Å². The Hall–Kier alpha value is -0.840. The largest absolute Gasteiger partial charge is 0.311 e. The van der Waals surface area contributed by atoms with Crippen LogP contribution in [-0.4, -0.2) is 17.8 Å². The molecule has 0 atom stereocenters. The lowest BCUT2D eigenvalue weighted by molar-refractivity contribution is 0.714. The minimum absolute atomic E-state index is 0.853. The fourth-order valence-corrected chi connectivity index (χ4v) is 3.55. The van der Waals surface area contributed by atoms with Gasteiger partial charge in [-0.3, -0.25) is 0 Å². The van der Waals surface area contributed by atoms with E-state index in [0.717, 1.165) is 18.8 Å². The first-order valence-electron chi connectivity index (χ1n) is 6.08. The molecule has 2 rings (SSSR count). The van der Waals surface area contributed by atoms with Gasteiger partial charge in [0.2, 0.25) is 0 Å². The van der Waals surface area contributed by atoms with E-state index in [-0.39, 0.29) is 0 Å². The molecule has 18 heavy (non-hydrogen) atoms. The van der Waals surface area contributed by atoms with Crippen LogP contribution >= 0.6 is 23.1 Å². The van der Waals surface area contributed by atoms with E-state index in [9.17, 15) is 0 Å². The summed E-state index contributed by atoms with van der Waals surface area (Å²) in [6.45, 7) is 3.95. The van der Waals surface area contributed by atoms with Gasteiger partial charge in [0.05, 0.1) is 10.6 Å². The molecule has 0 amide bonds. The summed E-state index contributed by atoms with van der Waals surface area (Å²) in [5.41, 5.74) is 2.45. The highest BCUT2D eigenvalue weighted by atomic mass is 32.2. The second kappa shape index (κ2) is 6.92. The third-order valence-electron chi connectivity index (χ3n) is 2.59. The third-order valence-corrected chi connectivity index (χ3v) is 4.48. The number of rotatable bonds is 6. The summed E-state index contributed by atoms with van der Waals surface area (Å²) in [5.74, 6) is 0.997. The second-order valence-electron chi connectivity index (χ2n) is 3.96. The summed E-state index contributed by atoms with van der Waals surface area (Å²) in [6, 6.07) is 10.5. The maximum absolute atomic E-state index is 4.75. The first-order chi connectivity index (χ1) is 8.85. The van der Waals surface area contributed by atoms with Gasteiger partial charge in [-0.15, -0.1) is 11.3 Å². The number of hydrogen-bond acceptors (Lipinski definition) is 4.